The van der Waals surface area contributed by atoms with E-state index in [9.17, 15) is 9.90 Å². The average molecular weight is 689 g/mol. The number of carboxylic acids is 1. The predicted molar refractivity (Wildman–Crippen MR) is 182 cm³/mol. The van der Waals surface area contributed by atoms with E-state index in [0.29, 0.717) is 75.7 Å². The number of ether oxygens (including phenoxy) is 3. The summed E-state index contributed by atoms with van der Waals surface area (Å²) < 4.78 is 41.7. The summed E-state index contributed by atoms with van der Waals surface area (Å²) in [4.78, 5) is 20.2. The highest BCUT2D eigenvalue weighted by Gasteiger charge is 2.16. The van der Waals surface area contributed by atoms with Crippen LogP contribution in [-0.4, -0.2) is 30.8 Å². The number of rotatable bonds is 15. The molecule has 0 saturated heterocycles. The Bertz CT molecular complexity index is 2220. The zero-order valence-corrected chi connectivity index (χ0v) is 27.6. The Morgan fingerprint density at radius 3 is 1.80 bits per heavy atom. The Morgan fingerprint density at radius 2 is 1.29 bits per heavy atom. The molecule has 0 saturated carbocycles. The molecule has 1 N–H and O–H groups in total. The second-order valence-corrected chi connectivity index (χ2v) is 11.4. The van der Waals surface area contributed by atoms with Crippen molar-refractivity contribution in [1.82, 2.24) is 19.7 Å². The summed E-state index contributed by atoms with van der Waals surface area (Å²) in [5, 5.41) is 13.8. The number of oxazole rings is 2. The van der Waals surface area contributed by atoms with Crippen LogP contribution in [0.25, 0.3) is 29.4 Å². The summed E-state index contributed by atoms with van der Waals surface area (Å²) in [6.45, 7) is 4.76. The molecule has 5 heterocycles. The van der Waals surface area contributed by atoms with Gasteiger partial charge < -0.3 is 37.0 Å². The van der Waals surface area contributed by atoms with Crippen molar-refractivity contribution in [2.45, 2.75) is 40.2 Å². The van der Waals surface area contributed by atoms with Crippen LogP contribution in [-0.2, 0) is 31.2 Å². The normalized spacial score (nSPS) is 11.3. The quantitative estimate of drug-likeness (QED) is 0.104. The highest BCUT2D eigenvalue weighted by molar-refractivity contribution is 5.85. The van der Waals surface area contributed by atoms with Crippen LogP contribution in [0.2, 0.25) is 0 Å². The molecule has 0 bridgehead atoms. The van der Waals surface area contributed by atoms with Crippen molar-refractivity contribution in [2.75, 3.05) is 0 Å². The van der Waals surface area contributed by atoms with Crippen molar-refractivity contribution < 1.29 is 41.8 Å². The first-order valence-electron chi connectivity index (χ1n) is 15.9. The first kappa shape index (κ1) is 32.8. The number of nitrogens with zero attached hydrogens (tertiary/aromatic N) is 4. The third-order valence-corrected chi connectivity index (χ3v) is 7.73. The summed E-state index contributed by atoms with van der Waals surface area (Å²) in [5.41, 5.74) is 3.72. The zero-order chi connectivity index (χ0) is 35.2. The lowest BCUT2D eigenvalue weighted by atomic mass is 10.2. The van der Waals surface area contributed by atoms with Crippen LogP contribution in [0.1, 0.15) is 39.6 Å². The van der Waals surface area contributed by atoms with E-state index in [1.807, 2.05) is 62.4 Å². The number of aryl methyl sites for hydroxylation is 2. The Kier molecular flexibility index (Phi) is 9.50. The monoisotopic (exact) mass is 688 g/mol. The molecule has 13 nitrogen and oxygen atoms in total. The molecule has 51 heavy (non-hydrogen) atoms. The SMILES string of the molecule is Cc1oc(-c2ccco2)nc1COc1ccc(COc2nn(Cc3ccc(OCc4nc(-c5ccco5)oc4C)cc3)cc2/C=C/C(=O)O)cc1. The molecular weight excluding hydrogens is 656 g/mol. The van der Waals surface area contributed by atoms with Gasteiger partial charge in [-0.2, -0.15) is 0 Å². The summed E-state index contributed by atoms with van der Waals surface area (Å²) in [5.74, 6) is 3.78. The third-order valence-electron chi connectivity index (χ3n) is 7.73. The molecule has 258 valence electrons. The molecule has 7 rings (SSSR count). The van der Waals surface area contributed by atoms with Gasteiger partial charge in [0.2, 0.25) is 5.88 Å². The van der Waals surface area contributed by atoms with Gasteiger partial charge in [-0.1, -0.05) is 24.3 Å². The fourth-order valence-corrected chi connectivity index (χ4v) is 5.04. The van der Waals surface area contributed by atoms with Gasteiger partial charge in [-0.3, -0.25) is 4.68 Å². The Morgan fingerprint density at radius 1 is 0.745 bits per heavy atom. The number of aliphatic carboxylic acids is 1. The van der Waals surface area contributed by atoms with Crippen LogP contribution < -0.4 is 14.2 Å². The first-order valence-corrected chi connectivity index (χ1v) is 15.9. The van der Waals surface area contributed by atoms with Gasteiger partial charge in [0.1, 0.15) is 54.2 Å². The second kappa shape index (κ2) is 14.8. The van der Waals surface area contributed by atoms with Gasteiger partial charge in [-0.05, 0) is 79.6 Å². The number of carboxylic acid groups (broad SMARTS) is 1. The highest BCUT2D eigenvalue weighted by atomic mass is 16.5. The maximum absolute atomic E-state index is 11.3. The molecule has 2 aromatic carbocycles. The van der Waals surface area contributed by atoms with E-state index in [2.05, 4.69) is 15.1 Å². The largest absolute Gasteiger partial charge is 0.487 e. The molecule has 0 aliphatic carbocycles. The second-order valence-electron chi connectivity index (χ2n) is 11.4. The molecule has 0 fully saturated rings. The molecule has 13 heteroatoms. The van der Waals surface area contributed by atoms with Gasteiger partial charge in [0.05, 0.1) is 24.6 Å². The van der Waals surface area contributed by atoms with Crippen LogP contribution in [0, 0.1) is 13.8 Å². The first-order chi connectivity index (χ1) is 24.9. The third kappa shape index (κ3) is 8.11. The minimum Gasteiger partial charge on any atom is -0.487 e. The summed E-state index contributed by atoms with van der Waals surface area (Å²) >= 11 is 0. The number of benzene rings is 2. The Labute approximate surface area is 291 Å². The molecule has 0 unspecified atom stereocenters. The van der Waals surface area contributed by atoms with Gasteiger partial charge in [0, 0.05) is 12.3 Å². The highest BCUT2D eigenvalue weighted by Crippen LogP contribution is 2.26. The minimum absolute atomic E-state index is 0.208. The molecule has 5 aromatic heterocycles. The van der Waals surface area contributed by atoms with Crippen molar-refractivity contribution >= 4 is 12.0 Å². The fraction of sp³-hybridized carbons (Fsp3) is 0.158. The fourth-order valence-electron chi connectivity index (χ4n) is 5.04. The van der Waals surface area contributed by atoms with Crippen LogP contribution in [0.5, 0.6) is 17.4 Å². The van der Waals surface area contributed by atoms with Gasteiger partial charge in [0.25, 0.3) is 11.8 Å². The Balaban J connectivity index is 0.944. The van der Waals surface area contributed by atoms with E-state index in [1.54, 1.807) is 47.7 Å². The molecule has 0 amide bonds. The molecular formula is C38H32N4O9. The van der Waals surface area contributed by atoms with E-state index >= 15 is 0 Å². The van der Waals surface area contributed by atoms with Gasteiger partial charge in [0.15, 0.2) is 11.5 Å². The maximum atomic E-state index is 11.3. The number of furan rings is 2. The molecule has 0 spiro atoms. The zero-order valence-electron chi connectivity index (χ0n) is 27.6. The predicted octanol–water partition coefficient (Wildman–Crippen LogP) is 7.88. The standard InChI is InChI=1S/C38H32N4O9/c1-24-31(39-37(50-24)33-5-3-17-45-33)22-47-29-12-7-26(8-13-29)19-42-20-28(11-16-35(43)44)36(41-42)49-21-27-9-14-30(15-10-27)48-23-32-25(2)51-38(40-32)34-6-4-18-46-34/h3-18,20H,19,21-23H2,1-2H3,(H,43,44)/b16-11+. The summed E-state index contributed by atoms with van der Waals surface area (Å²) in [7, 11) is 0. The molecule has 0 aliphatic rings. The van der Waals surface area contributed by atoms with Crippen molar-refractivity contribution in [3.8, 4) is 40.7 Å². The van der Waals surface area contributed by atoms with Gasteiger partial charge in [-0.15, -0.1) is 5.10 Å². The van der Waals surface area contributed by atoms with Crippen molar-refractivity contribution in [1.29, 1.82) is 0 Å². The minimum atomic E-state index is -1.07. The summed E-state index contributed by atoms with van der Waals surface area (Å²) in [6.07, 6.45) is 7.38. The lowest BCUT2D eigenvalue weighted by Gasteiger charge is -2.08. The molecule has 7 aromatic rings. The van der Waals surface area contributed by atoms with Crippen molar-refractivity contribution in [3.63, 3.8) is 0 Å². The van der Waals surface area contributed by atoms with E-state index < -0.39 is 5.97 Å². The number of hydrogen-bond acceptors (Lipinski definition) is 11. The molecule has 0 radical (unpaired) electrons. The van der Waals surface area contributed by atoms with Crippen LogP contribution >= 0.6 is 0 Å². The van der Waals surface area contributed by atoms with Crippen LogP contribution in [0.3, 0.4) is 0 Å². The van der Waals surface area contributed by atoms with Crippen LogP contribution in [0.15, 0.2) is 115 Å². The van der Waals surface area contributed by atoms with Crippen molar-refractivity contribution in [3.05, 3.63) is 137 Å². The van der Waals surface area contributed by atoms with E-state index in [-0.39, 0.29) is 19.8 Å². The average Bonchev–Trinajstić information content (AvgIpc) is 3.98. The lowest BCUT2D eigenvalue weighted by molar-refractivity contribution is -0.131. The number of carbonyl (C=O) groups is 1. The van der Waals surface area contributed by atoms with Gasteiger partial charge in [-0.25, -0.2) is 14.8 Å². The van der Waals surface area contributed by atoms with E-state index in [4.69, 9.17) is 31.9 Å². The lowest BCUT2D eigenvalue weighted by Crippen LogP contribution is -2.02. The maximum Gasteiger partial charge on any atom is 0.328 e. The van der Waals surface area contributed by atoms with Gasteiger partial charge >= 0.3 is 5.97 Å². The van der Waals surface area contributed by atoms with E-state index in [0.717, 1.165) is 17.2 Å². The summed E-state index contributed by atoms with van der Waals surface area (Å²) in [6, 6.07) is 22.1. The number of hydrogen-bond donors (Lipinski definition) is 1. The number of aromatic nitrogens is 4. The van der Waals surface area contributed by atoms with Crippen molar-refractivity contribution in [2.24, 2.45) is 0 Å². The van der Waals surface area contributed by atoms with Crippen LogP contribution in [0.4, 0.5) is 0 Å². The molecule has 0 aliphatic heterocycles. The van der Waals surface area contributed by atoms with E-state index in [1.165, 1.54) is 6.08 Å². The topological polar surface area (TPSA) is 161 Å². The molecule has 0 atom stereocenters. The smallest absolute Gasteiger partial charge is 0.328 e. The Hall–Kier alpha value is -6.76.